The largest absolute Gasteiger partial charge is 0.480 e. The Balaban J connectivity index is 2.64. The predicted molar refractivity (Wildman–Crippen MR) is 60.2 cm³/mol. The van der Waals surface area contributed by atoms with Gasteiger partial charge < -0.3 is 15.3 Å². The Labute approximate surface area is 95.1 Å². The van der Waals surface area contributed by atoms with Crippen molar-refractivity contribution in [1.29, 1.82) is 0 Å². The maximum atomic E-state index is 11.8. The van der Waals surface area contributed by atoms with Crippen LogP contribution in [0.4, 0.5) is 4.79 Å². The summed E-state index contributed by atoms with van der Waals surface area (Å²) in [7, 11) is 0. The lowest BCUT2D eigenvalue weighted by Crippen LogP contribution is -2.53. The van der Waals surface area contributed by atoms with E-state index in [9.17, 15) is 9.59 Å². The molecule has 0 bridgehead atoms. The first kappa shape index (κ1) is 12.5. The number of urea groups is 1. The van der Waals surface area contributed by atoms with Gasteiger partial charge in [0.15, 0.2) is 0 Å². The number of carboxylic acid groups (broad SMARTS) is 1. The van der Waals surface area contributed by atoms with Gasteiger partial charge in [-0.15, -0.1) is 6.58 Å². The van der Waals surface area contributed by atoms with Crippen LogP contribution in [0, 0.1) is 0 Å². The van der Waals surface area contributed by atoms with Crippen LogP contribution in [0.15, 0.2) is 12.7 Å². The highest BCUT2D eigenvalue weighted by molar-refractivity contribution is 5.83. The number of nitrogens with zero attached hydrogens (tertiary/aromatic N) is 1. The lowest BCUT2D eigenvalue weighted by atomic mass is 10.0. The van der Waals surface area contributed by atoms with Crippen LogP contribution in [0.25, 0.3) is 0 Å². The SMILES string of the molecule is C=CC(C)NC(=O)N1CCCCC1C(=O)O. The van der Waals surface area contributed by atoms with E-state index in [1.54, 1.807) is 13.0 Å². The summed E-state index contributed by atoms with van der Waals surface area (Å²) in [6.45, 7) is 5.87. The molecule has 1 aliphatic rings. The van der Waals surface area contributed by atoms with Crippen molar-refractivity contribution >= 4 is 12.0 Å². The molecule has 1 rings (SSSR count). The topological polar surface area (TPSA) is 69.6 Å². The van der Waals surface area contributed by atoms with Crippen LogP contribution >= 0.6 is 0 Å². The molecule has 16 heavy (non-hydrogen) atoms. The number of likely N-dealkylation sites (tertiary alicyclic amines) is 1. The molecule has 1 saturated heterocycles. The van der Waals surface area contributed by atoms with Crippen molar-refractivity contribution in [2.24, 2.45) is 0 Å². The molecule has 1 fully saturated rings. The number of amides is 2. The number of nitrogens with one attached hydrogen (secondary N) is 1. The maximum Gasteiger partial charge on any atom is 0.326 e. The lowest BCUT2D eigenvalue weighted by molar-refractivity contribution is -0.143. The zero-order chi connectivity index (χ0) is 12.1. The van der Waals surface area contributed by atoms with Crippen LogP contribution in [0.2, 0.25) is 0 Å². The summed E-state index contributed by atoms with van der Waals surface area (Å²) in [4.78, 5) is 24.2. The van der Waals surface area contributed by atoms with Gasteiger partial charge in [0.1, 0.15) is 6.04 Å². The van der Waals surface area contributed by atoms with Crippen molar-refractivity contribution in [2.45, 2.75) is 38.3 Å². The molecule has 5 nitrogen and oxygen atoms in total. The predicted octanol–water partition coefficient (Wildman–Crippen LogP) is 1.21. The Morgan fingerprint density at radius 1 is 1.56 bits per heavy atom. The van der Waals surface area contributed by atoms with E-state index in [0.717, 1.165) is 12.8 Å². The zero-order valence-electron chi connectivity index (χ0n) is 9.48. The van der Waals surface area contributed by atoms with Gasteiger partial charge in [-0.3, -0.25) is 0 Å². The summed E-state index contributed by atoms with van der Waals surface area (Å²) in [5.74, 6) is -0.930. The van der Waals surface area contributed by atoms with Gasteiger partial charge in [-0.05, 0) is 26.2 Å². The number of hydrogen-bond donors (Lipinski definition) is 2. The van der Waals surface area contributed by atoms with Gasteiger partial charge in [-0.1, -0.05) is 6.08 Å². The number of rotatable bonds is 3. The second-order valence-corrected chi connectivity index (χ2v) is 4.02. The lowest BCUT2D eigenvalue weighted by Gasteiger charge is -2.33. The minimum atomic E-state index is -0.930. The average Bonchev–Trinajstić information content (AvgIpc) is 2.28. The average molecular weight is 226 g/mol. The molecule has 0 aromatic carbocycles. The molecule has 1 aliphatic heterocycles. The van der Waals surface area contributed by atoms with Gasteiger partial charge in [0.25, 0.3) is 0 Å². The molecule has 0 saturated carbocycles. The first-order chi connectivity index (χ1) is 7.56. The summed E-state index contributed by atoms with van der Waals surface area (Å²) >= 11 is 0. The van der Waals surface area contributed by atoms with Gasteiger partial charge in [0, 0.05) is 12.6 Å². The molecule has 0 aromatic heterocycles. The van der Waals surface area contributed by atoms with Gasteiger partial charge in [0.2, 0.25) is 0 Å². The quantitative estimate of drug-likeness (QED) is 0.711. The van der Waals surface area contributed by atoms with E-state index in [-0.39, 0.29) is 12.1 Å². The van der Waals surface area contributed by atoms with E-state index >= 15 is 0 Å². The Bertz CT molecular complexity index is 291. The summed E-state index contributed by atoms with van der Waals surface area (Å²) in [5, 5.41) is 11.7. The van der Waals surface area contributed by atoms with E-state index < -0.39 is 12.0 Å². The summed E-state index contributed by atoms with van der Waals surface area (Å²) in [6.07, 6.45) is 3.86. The zero-order valence-corrected chi connectivity index (χ0v) is 9.48. The van der Waals surface area contributed by atoms with Crippen molar-refractivity contribution < 1.29 is 14.7 Å². The Morgan fingerprint density at radius 3 is 2.81 bits per heavy atom. The van der Waals surface area contributed by atoms with E-state index in [2.05, 4.69) is 11.9 Å². The van der Waals surface area contributed by atoms with Crippen molar-refractivity contribution in [1.82, 2.24) is 10.2 Å². The number of aliphatic carboxylic acids is 1. The van der Waals surface area contributed by atoms with Crippen LogP contribution in [0.1, 0.15) is 26.2 Å². The van der Waals surface area contributed by atoms with Gasteiger partial charge >= 0.3 is 12.0 Å². The molecule has 0 aliphatic carbocycles. The Morgan fingerprint density at radius 2 is 2.25 bits per heavy atom. The molecule has 0 aromatic rings. The van der Waals surface area contributed by atoms with Crippen molar-refractivity contribution in [3.63, 3.8) is 0 Å². The van der Waals surface area contributed by atoms with Crippen LogP contribution in [-0.2, 0) is 4.79 Å². The number of carbonyl (C=O) groups excluding carboxylic acids is 1. The number of hydrogen-bond acceptors (Lipinski definition) is 2. The van der Waals surface area contributed by atoms with Crippen LogP contribution in [0.5, 0.6) is 0 Å². The second kappa shape index (κ2) is 5.53. The molecule has 2 unspecified atom stereocenters. The molecular formula is C11H18N2O3. The standard InChI is InChI=1S/C11H18N2O3/c1-3-8(2)12-11(16)13-7-5-4-6-9(13)10(14)15/h3,8-9H,1,4-7H2,2H3,(H,12,16)(H,14,15). The van der Waals surface area contributed by atoms with E-state index in [1.807, 2.05) is 0 Å². The van der Waals surface area contributed by atoms with Gasteiger partial charge in [-0.25, -0.2) is 9.59 Å². The second-order valence-electron chi connectivity index (χ2n) is 4.02. The maximum absolute atomic E-state index is 11.8. The summed E-state index contributed by atoms with van der Waals surface area (Å²) in [5.41, 5.74) is 0. The number of carbonyl (C=O) groups is 2. The summed E-state index contributed by atoms with van der Waals surface area (Å²) < 4.78 is 0. The van der Waals surface area contributed by atoms with E-state index in [4.69, 9.17) is 5.11 Å². The third-order valence-corrected chi connectivity index (χ3v) is 2.75. The molecule has 0 spiro atoms. The van der Waals surface area contributed by atoms with E-state index in [1.165, 1.54) is 4.90 Å². The third kappa shape index (κ3) is 2.98. The van der Waals surface area contributed by atoms with Crippen molar-refractivity contribution in [2.75, 3.05) is 6.54 Å². The van der Waals surface area contributed by atoms with Crippen LogP contribution < -0.4 is 5.32 Å². The summed E-state index contributed by atoms with van der Waals surface area (Å²) in [6, 6.07) is -1.16. The molecule has 90 valence electrons. The van der Waals surface area contributed by atoms with Gasteiger partial charge in [-0.2, -0.15) is 0 Å². The highest BCUT2D eigenvalue weighted by atomic mass is 16.4. The first-order valence-corrected chi connectivity index (χ1v) is 5.48. The Hall–Kier alpha value is -1.52. The molecular weight excluding hydrogens is 208 g/mol. The fourth-order valence-electron chi connectivity index (χ4n) is 1.77. The fourth-order valence-corrected chi connectivity index (χ4v) is 1.77. The molecule has 2 atom stereocenters. The highest BCUT2D eigenvalue weighted by Gasteiger charge is 2.31. The fraction of sp³-hybridized carbons (Fsp3) is 0.636. The molecule has 0 radical (unpaired) electrons. The smallest absolute Gasteiger partial charge is 0.326 e. The molecule has 1 heterocycles. The molecule has 2 amide bonds. The minimum absolute atomic E-state index is 0.149. The van der Waals surface area contributed by atoms with Gasteiger partial charge in [0.05, 0.1) is 0 Å². The Kier molecular flexibility index (Phi) is 4.34. The number of carboxylic acids is 1. The monoisotopic (exact) mass is 226 g/mol. The number of piperidine rings is 1. The van der Waals surface area contributed by atoms with Crippen molar-refractivity contribution in [3.05, 3.63) is 12.7 Å². The van der Waals surface area contributed by atoms with Crippen LogP contribution in [-0.4, -0.2) is 40.6 Å². The molecule has 5 heteroatoms. The third-order valence-electron chi connectivity index (χ3n) is 2.75. The first-order valence-electron chi connectivity index (χ1n) is 5.48. The normalized spacial score (nSPS) is 22.3. The van der Waals surface area contributed by atoms with Crippen LogP contribution in [0.3, 0.4) is 0 Å². The molecule has 2 N–H and O–H groups in total. The van der Waals surface area contributed by atoms with Crippen molar-refractivity contribution in [3.8, 4) is 0 Å². The highest BCUT2D eigenvalue weighted by Crippen LogP contribution is 2.17. The van der Waals surface area contributed by atoms with E-state index in [0.29, 0.717) is 13.0 Å². The minimum Gasteiger partial charge on any atom is -0.480 e.